The minimum absolute atomic E-state index is 0.0426. The Balaban J connectivity index is 1.27. The van der Waals surface area contributed by atoms with Gasteiger partial charge in [0.05, 0.1) is 22.8 Å². The van der Waals surface area contributed by atoms with Gasteiger partial charge in [-0.05, 0) is 68.4 Å². The molecule has 0 aliphatic heterocycles. The van der Waals surface area contributed by atoms with Crippen molar-refractivity contribution in [3.05, 3.63) is 70.4 Å². The second-order valence-corrected chi connectivity index (χ2v) is 10.6. The third kappa shape index (κ3) is 4.93. The molecule has 2 N–H and O–H groups in total. The Morgan fingerprint density at radius 3 is 2.66 bits per heavy atom. The van der Waals surface area contributed by atoms with E-state index in [-0.39, 0.29) is 29.8 Å². The fourth-order valence-corrected chi connectivity index (χ4v) is 5.01. The van der Waals surface area contributed by atoms with Gasteiger partial charge in [-0.25, -0.2) is 4.98 Å². The number of aliphatic hydroxyl groups is 1. The molecule has 38 heavy (non-hydrogen) atoms. The summed E-state index contributed by atoms with van der Waals surface area (Å²) in [6.45, 7) is 2.06. The first-order valence-electron chi connectivity index (χ1n) is 13.1. The lowest BCUT2D eigenvalue weighted by molar-refractivity contribution is -0.116. The number of nitrogens with one attached hydrogen (secondary N) is 1. The van der Waals surface area contributed by atoms with Crippen LogP contribution in [0.2, 0.25) is 0 Å². The van der Waals surface area contributed by atoms with E-state index >= 15 is 0 Å². The van der Waals surface area contributed by atoms with Crippen molar-refractivity contribution < 1.29 is 14.6 Å². The fraction of sp³-hybridized carbons (Fsp3) is 0.379. The van der Waals surface area contributed by atoms with Crippen LogP contribution in [0.5, 0.6) is 11.5 Å². The van der Waals surface area contributed by atoms with E-state index in [2.05, 4.69) is 10.3 Å². The van der Waals surface area contributed by atoms with E-state index in [0.29, 0.717) is 41.3 Å². The van der Waals surface area contributed by atoms with Crippen LogP contribution in [-0.2, 0) is 24.8 Å². The summed E-state index contributed by atoms with van der Waals surface area (Å²) in [5, 5.41) is 13.3. The first-order chi connectivity index (χ1) is 18.3. The van der Waals surface area contributed by atoms with Crippen LogP contribution in [0.4, 0.5) is 11.6 Å². The van der Waals surface area contributed by atoms with E-state index < -0.39 is 0 Å². The highest BCUT2D eigenvalue weighted by atomic mass is 16.5. The van der Waals surface area contributed by atoms with E-state index in [0.717, 1.165) is 42.3 Å². The maximum absolute atomic E-state index is 13.4. The molecule has 3 heterocycles. The molecular formula is C29H31N5O4. The number of rotatable bonds is 9. The number of aromatic nitrogens is 4. The maximum atomic E-state index is 13.4. The summed E-state index contributed by atoms with van der Waals surface area (Å²) >= 11 is 0. The number of anilines is 2. The monoisotopic (exact) mass is 513 g/mol. The topological polar surface area (TPSA) is 111 Å². The zero-order valence-corrected chi connectivity index (χ0v) is 21.6. The zero-order chi connectivity index (χ0) is 26.4. The number of ketones is 1. The number of carbonyl (C=O) groups excluding carboxylic acids is 1. The highest BCUT2D eigenvalue weighted by Gasteiger charge is 2.31. The smallest absolute Gasteiger partial charge is 0.274 e. The molecule has 3 aromatic heterocycles. The van der Waals surface area contributed by atoms with Crippen LogP contribution in [0.15, 0.2) is 53.6 Å². The molecule has 2 fully saturated rings. The molecular weight excluding hydrogens is 482 g/mol. The van der Waals surface area contributed by atoms with Gasteiger partial charge in [-0.2, -0.15) is 0 Å². The standard InChI is InChI=1S/C29H31N5O4/c1-17(35)11-21-13-23(9-10-30-21)38-22-6-7-24-26(14-22)33(2)29(31-24)32-25-12-20(18-3-4-18)16-34(28(25)37)15-19-5-8-27(19)36/h6-7,9-10,12-14,16,18-19,27,36H,3-5,8,11,15H2,1-2H3,(H,31,32). The third-order valence-corrected chi connectivity index (χ3v) is 7.52. The van der Waals surface area contributed by atoms with Crippen LogP contribution in [0.3, 0.4) is 0 Å². The highest BCUT2D eigenvalue weighted by molar-refractivity contribution is 5.81. The number of nitrogens with zero attached hydrogens (tertiary/aromatic N) is 4. The van der Waals surface area contributed by atoms with Crippen LogP contribution < -0.4 is 15.6 Å². The van der Waals surface area contributed by atoms with E-state index in [4.69, 9.17) is 9.72 Å². The lowest BCUT2D eigenvalue weighted by Crippen LogP contribution is -2.37. The number of carbonyl (C=O) groups is 1. The van der Waals surface area contributed by atoms with Gasteiger partial charge in [0.15, 0.2) is 0 Å². The number of ether oxygens (including phenoxy) is 1. The Labute approximate surface area is 220 Å². The van der Waals surface area contributed by atoms with Crippen molar-refractivity contribution in [2.45, 2.75) is 57.6 Å². The van der Waals surface area contributed by atoms with Crippen LogP contribution in [0, 0.1) is 5.92 Å². The van der Waals surface area contributed by atoms with Gasteiger partial charge in [0, 0.05) is 50.5 Å². The van der Waals surface area contributed by atoms with E-state index in [1.54, 1.807) is 22.9 Å². The molecule has 2 unspecified atom stereocenters. The SMILES string of the molecule is CC(=O)Cc1cc(Oc2ccc3nc(Nc4cc(C5CC5)cn(CC5CCC5O)c4=O)n(C)c3c2)ccn1. The fourth-order valence-electron chi connectivity index (χ4n) is 5.01. The zero-order valence-electron chi connectivity index (χ0n) is 21.6. The highest BCUT2D eigenvalue weighted by Crippen LogP contribution is 2.41. The predicted molar refractivity (Wildman–Crippen MR) is 144 cm³/mol. The van der Waals surface area contributed by atoms with Crippen molar-refractivity contribution in [2.24, 2.45) is 13.0 Å². The molecule has 2 saturated carbocycles. The molecule has 1 aromatic carbocycles. The average molecular weight is 514 g/mol. The lowest BCUT2D eigenvalue weighted by Gasteiger charge is -2.32. The Hall–Kier alpha value is -3.98. The minimum atomic E-state index is -0.327. The summed E-state index contributed by atoms with van der Waals surface area (Å²) < 4.78 is 9.71. The molecule has 0 amide bonds. The number of hydrogen-bond donors (Lipinski definition) is 2. The molecule has 2 atom stereocenters. The van der Waals surface area contributed by atoms with Gasteiger partial charge in [-0.15, -0.1) is 0 Å². The van der Waals surface area contributed by atoms with Gasteiger partial charge in [-0.1, -0.05) is 0 Å². The molecule has 2 aliphatic carbocycles. The van der Waals surface area contributed by atoms with E-state index in [1.807, 2.05) is 42.1 Å². The quantitative estimate of drug-likeness (QED) is 0.340. The number of aliphatic hydroxyl groups excluding tert-OH is 1. The van der Waals surface area contributed by atoms with Gasteiger partial charge >= 0.3 is 0 Å². The second-order valence-electron chi connectivity index (χ2n) is 10.6. The maximum Gasteiger partial charge on any atom is 0.274 e. The van der Waals surface area contributed by atoms with Crippen molar-refractivity contribution in [3.8, 4) is 11.5 Å². The summed E-state index contributed by atoms with van der Waals surface area (Å²) in [6, 6.07) is 11.1. The Bertz CT molecular complexity index is 1590. The largest absolute Gasteiger partial charge is 0.457 e. The molecule has 4 aromatic rings. The predicted octanol–water partition coefficient (Wildman–Crippen LogP) is 4.45. The van der Waals surface area contributed by atoms with Crippen molar-refractivity contribution in [1.82, 2.24) is 19.1 Å². The normalized spacial score (nSPS) is 18.8. The van der Waals surface area contributed by atoms with Gasteiger partial charge in [0.2, 0.25) is 5.95 Å². The van der Waals surface area contributed by atoms with Crippen LogP contribution in [0.25, 0.3) is 11.0 Å². The van der Waals surface area contributed by atoms with Crippen LogP contribution >= 0.6 is 0 Å². The van der Waals surface area contributed by atoms with Crippen molar-refractivity contribution in [1.29, 1.82) is 0 Å². The summed E-state index contributed by atoms with van der Waals surface area (Å²) in [4.78, 5) is 33.8. The first-order valence-corrected chi connectivity index (χ1v) is 13.1. The Kier molecular flexibility index (Phi) is 6.23. The number of benzene rings is 1. The Morgan fingerprint density at radius 1 is 1.13 bits per heavy atom. The van der Waals surface area contributed by atoms with Gasteiger partial charge in [0.25, 0.3) is 5.56 Å². The van der Waals surface area contributed by atoms with Crippen molar-refractivity contribution in [2.75, 3.05) is 5.32 Å². The third-order valence-electron chi connectivity index (χ3n) is 7.52. The average Bonchev–Trinajstić information content (AvgIpc) is 3.69. The first kappa shape index (κ1) is 24.4. The van der Waals surface area contributed by atoms with Gasteiger partial charge in [-0.3, -0.25) is 14.6 Å². The minimum Gasteiger partial charge on any atom is -0.457 e. The summed E-state index contributed by atoms with van der Waals surface area (Å²) in [5.41, 5.74) is 3.81. The number of imidazole rings is 1. The lowest BCUT2D eigenvalue weighted by atomic mass is 9.82. The van der Waals surface area contributed by atoms with E-state index in [1.165, 1.54) is 6.92 Å². The summed E-state index contributed by atoms with van der Waals surface area (Å²) in [7, 11) is 1.90. The van der Waals surface area contributed by atoms with Crippen LogP contribution in [0.1, 0.15) is 49.8 Å². The van der Waals surface area contributed by atoms with Gasteiger partial charge < -0.3 is 24.3 Å². The number of aryl methyl sites for hydroxylation is 1. The van der Waals surface area contributed by atoms with Crippen LogP contribution in [-0.4, -0.2) is 36.1 Å². The molecule has 9 nitrogen and oxygen atoms in total. The molecule has 2 aliphatic rings. The molecule has 9 heteroatoms. The number of Topliss-reactive ketones (excluding diaryl/α,β-unsaturated/α-hetero) is 1. The Morgan fingerprint density at radius 2 is 1.95 bits per heavy atom. The number of pyridine rings is 2. The molecule has 0 saturated heterocycles. The van der Waals surface area contributed by atoms with Gasteiger partial charge in [0.1, 0.15) is 23.0 Å². The summed E-state index contributed by atoms with van der Waals surface area (Å²) in [5.74, 6) is 2.45. The van der Waals surface area contributed by atoms with Crippen molar-refractivity contribution >= 4 is 28.5 Å². The summed E-state index contributed by atoms with van der Waals surface area (Å²) in [6.07, 6.45) is 7.54. The molecule has 196 valence electrons. The molecule has 0 bridgehead atoms. The molecule has 6 rings (SSSR count). The van der Waals surface area contributed by atoms with Crippen molar-refractivity contribution in [3.63, 3.8) is 0 Å². The number of fused-ring (bicyclic) bond motifs is 1. The molecule has 0 spiro atoms. The number of hydrogen-bond acceptors (Lipinski definition) is 7. The molecule has 0 radical (unpaired) electrons. The second kappa shape index (κ2) is 9.72. The van der Waals surface area contributed by atoms with E-state index in [9.17, 15) is 14.7 Å².